The minimum absolute atomic E-state index is 0.0843. The number of carbonyl (C=O) groups is 1. The molecule has 1 aliphatic rings. The van der Waals surface area contributed by atoms with E-state index in [1.165, 1.54) is 0 Å². The summed E-state index contributed by atoms with van der Waals surface area (Å²) in [7, 11) is 1.58. The summed E-state index contributed by atoms with van der Waals surface area (Å²) in [4.78, 5) is 22.8. The minimum atomic E-state index is 0.0843. The maximum absolute atomic E-state index is 12.0. The Hall–Kier alpha value is -1.37. The van der Waals surface area contributed by atoms with Gasteiger partial charge in [0.25, 0.3) is 0 Å². The molecule has 7 heteroatoms. The fourth-order valence-electron chi connectivity index (χ4n) is 2.38. The predicted molar refractivity (Wildman–Crippen MR) is 84.5 cm³/mol. The lowest BCUT2D eigenvalue weighted by Crippen LogP contribution is -2.42. The van der Waals surface area contributed by atoms with Crippen molar-refractivity contribution in [2.75, 3.05) is 25.1 Å². The second-order valence-electron chi connectivity index (χ2n) is 5.45. The van der Waals surface area contributed by atoms with Crippen LogP contribution in [0.1, 0.15) is 26.7 Å². The minimum Gasteiger partial charge on any atom is -0.480 e. The highest BCUT2D eigenvalue weighted by molar-refractivity contribution is 9.10. The first-order valence-corrected chi connectivity index (χ1v) is 7.92. The standard InChI is InChI=1S/C14H21BrN4O2/c1-9(2)17-12(20)10-4-6-19(7-5-10)14-16-8-11(15)13(18-14)21-3/h8-10H,4-7H2,1-3H3,(H,17,20). The highest BCUT2D eigenvalue weighted by atomic mass is 79.9. The molecular formula is C14H21BrN4O2. The number of aromatic nitrogens is 2. The molecule has 0 saturated carbocycles. The van der Waals surface area contributed by atoms with E-state index in [2.05, 4.69) is 36.1 Å². The summed E-state index contributed by atoms with van der Waals surface area (Å²) in [6.07, 6.45) is 3.33. The molecule has 0 unspecified atom stereocenters. The van der Waals surface area contributed by atoms with Gasteiger partial charge in [-0.25, -0.2) is 4.98 Å². The van der Waals surface area contributed by atoms with Crippen LogP contribution in [0.15, 0.2) is 10.7 Å². The molecule has 0 aliphatic carbocycles. The van der Waals surface area contributed by atoms with Crippen molar-refractivity contribution < 1.29 is 9.53 Å². The molecule has 1 N–H and O–H groups in total. The van der Waals surface area contributed by atoms with Gasteiger partial charge < -0.3 is 15.0 Å². The van der Waals surface area contributed by atoms with Gasteiger partial charge in [0.1, 0.15) is 0 Å². The largest absolute Gasteiger partial charge is 0.480 e. The lowest BCUT2D eigenvalue weighted by molar-refractivity contribution is -0.126. The number of rotatable bonds is 4. The molecular weight excluding hydrogens is 336 g/mol. The first kappa shape index (κ1) is 16.0. The normalized spacial score (nSPS) is 16.1. The number of amides is 1. The maximum Gasteiger partial charge on any atom is 0.232 e. The smallest absolute Gasteiger partial charge is 0.232 e. The van der Waals surface area contributed by atoms with E-state index in [1.807, 2.05) is 13.8 Å². The Balaban J connectivity index is 1.96. The van der Waals surface area contributed by atoms with Gasteiger partial charge in [-0.1, -0.05) is 0 Å². The number of nitrogens with zero attached hydrogens (tertiary/aromatic N) is 3. The van der Waals surface area contributed by atoms with Crippen molar-refractivity contribution >= 4 is 27.8 Å². The van der Waals surface area contributed by atoms with Gasteiger partial charge in [-0.3, -0.25) is 4.79 Å². The van der Waals surface area contributed by atoms with E-state index in [1.54, 1.807) is 13.3 Å². The molecule has 21 heavy (non-hydrogen) atoms. The van der Waals surface area contributed by atoms with E-state index in [-0.39, 0.29) is 17.9 Å². The highest BCUT2D eigenvalue weighted by Crippen LogP contribution is 2.26. The molecule has 1 amide bonds. The molecule has 0 radical (unpaired) electrons. The SMILES string of the molecule is COc1nc(N2CCC(C(=O)NC(C)C)CC2)ncc1Br. The van der Waals surface area contributed by atoms with E-state index in [0.29, 0.717) is 11.8 Å². The average Bonchev–Trinajstić information content (AvgIpc) is 2.47. The van der Waals surface area contributed by atoms with Crippen molar-refractivity contribution in [2.24, 2.45) is 5.92 Å². The van der Waals surface area contributed by atoms with Gasteiger partial charge in [0.05, 0.1) is 17.8 Å². The molecule has 2 rings (SSSR count). The first-order valence-electron chi connectivity index (χ1n) is 7.13. The van der Waals surface area contributed by atoms with Crippen LogP contribution in [0.5, 0.6) is 5.88 Å². The second kappa shape index (κ2) is 7.06. The number of halogens is 1. The summed E-state index contributed by atoms with van der Waals surface area (Å²) < 4.78 is 5.93. The van der Waals surface area contributed by atoms with Crippen LogP contribution in [0.3, 0.4) is 0 Å². The van der Waals surface area contributed by atoms with Crippen LogP contribution in [-0.2, 0) is 4.79 Å². The summed E-state index contributed by atoms with van der Waals surface area (Å²) in [6, 6.07) is 0.189. The third-order valence-electron chi connectivity index (χ3n) is 3.47. The molecule has 1 aromatic rings. The number of hydrogen-bond donors (Lipinski definition) is 1. The van der Waals surface area contributed by atoms with E-state index in [0.717, 1.165) is 30.4 Å². The third-order valence-corrected chi connectivity index (χ3v) is 4.02. The van der Waals surface area contributed by atoms with Crippen molar-refractivity contribution in [3.63, 3.8) is 0 Å². The summed E-state index contributed by atoms with van der Waals surface area (Å²) in [5.74, 6) is 1.41. The van der Waals surface area contributed by atoms with Gasteiger partial charge in [-0.05, 0) is 42.6 Å². The molecule has 1 aliphatic heterocycles. The van der Waals surface area contributed by atoms with E-state index in [4.69, 9.17) is 4.74 Å². The van der Waals surface area contributed by atoms with E-state index < -0.39 is 0 Å². The fourth-order valence-corrected chi connectivity index (χ4v) is 2.74. The summed E-state index contributed by atoms with van der Waals surface area (Å²) >= 11 is 3.34. The van der Waals surface area contributed by atoms with Crippen molar-refractivity contribution in [1.82, 2.24) is 15.3 Å². The monoisotopic (exact) mass is 356 g/mol. The van der Waals surface area contributed by atoms with Gasteiger partial charge in [0, 0.05) is 25.0 Å². The number of piperidine rings is 1. The lowest BCUT2D eigenvalue weighted by Gasteiger charge is -2.31. The molecule has 0 spiro atoms. The summed E-state index contributed by atoms with van der Waals surface area (Å²) in [6.45, 7) is 5.52. The molecule has 1 saturated heterocycles. The van der Waals surface area contributed by atoms with Crippen LogP contribution in [0.25, 0.3) is 0 Å². The molecule has 0 aromatic carbocycles. The summed E-state index contributed by atoms with van der Waals surface area (Å²) in [5, 5.41) is 2.98. The topological polar surface area (TPSA) is 67.3 Å². The molecule has 0 bridgehead atoms. The van der Waals surface area contributed by atoms with Gasteiger partial charge in [-0.15, -0.1) is 0 Å². The fraction of sp³-hybridized carbons (Fsp3) is 0.643. The molecule has 2 heterocycles. The highest BCUT2D eigenvalue weighted by Gasteiger charge is 2.26. The number of methoxy groups -OCH3 is 1. The Bertz CT molecular complexity index is 502. The number of hydrogen-bond acceptors (Lipinski definition) is 5. The van der Waals surface area contributed by atoms with Crippen molar-refractivity contribution in [3.05, 3.63) is 10.7 Å². The Kier molecular flexibility index (Phi) is 5.39. The number of carbonyl (C=O) groups excluding carboxylic acids is 1. The molecule has 1 fully saturated rings. The van der Waals surface area contributed by atoms with E-state index >= 15 is 0 Å². The van der Waals surface area contributed by atoms with Gasteiger partial charge >= 0.3 is 0 Å². The Labute approximate surface area is 133 Å². The molecule has 6 nitrogen and oxygen atoms in total. The van der Waals surface area contributed by atoms with Crippen LogP contribution in [0.4, 0.5) is 5.95 Å². The van der Waals surface area contributed by atoms with Crippen molar-refractivity contribution in [3.8, 4) is 5.88 Å². The van der Waals surface area contributed by atoms with Crippen molar-refractivity contribution in [1.29, 1.82) is 0 Å². The molecule has 116 valence electrons. The third kappa shape index (κ3) is 4.06. The van der Waals surface area contributed by atoms with Gasteiger partial charge in [-0.2, -0.15) is 4.98 Å². The van der Waals surface area contributed by atoms with Gasteiger partial charge in [0.15, 0.2) is 0 Å². The van der Waals surface area contributed by atoms with Crippen LogP contribution >= 0.6 is 15.9 Å². The van der Waals surface area contributed by atoms with Crippen LogP contribution < -0.4 is 15.0 Å². The van der Waals surface area contributed by atoms with Gasteiger partial charge in [0.2, 0.25) is 17.7 Å². The Morgan fingerprint density at radius 3 is 2.71 bits per heavy atom. The number of ether oxygens (including phenoxy) is 1. The van der Waals surface area contributed by atoms with Crippen LogP contribution in [-0.4, -0.2) is 42.1 Å². The number of anilines is 1. The zero-order chi connectivity index (χ0) is 15.4. The number of nitrogens with one attached hydrogen (secondary N) is 1. The lowest BCUT2D eigenvalue weighted by atomic mass is 9.96. The first-order chi connectivity index (χ1) is 10.0. The quantitative estimate of drug-likeness (QED) is 0.893. The molecule has 0 atom stereocenters. The zero-order valence-corrected chi connectivity index (χ0v) is 14.2. The van der Waals surface area contributed by atoms with Crippen molar-refractivity contribution in [2.45, 2.75) is 32.7 Å². The Morgan fingerprint density at radius 1 is 1.48 bits per heavy atom. The van der Waals surface area contributed by atoms with E-state index in [9.17, 15) is 4.79 Å². The zero-order valence-electron chi connectivity index (χ0n) is 12.6. The Morgan fingerprint density at radius 2 is 2.14 bits per heavy atom. The second-order valence-corrected chi connectivity index (χ2v) is 6.31. The van der Waals surface area contributed by atoms with Crippen LogP contribution in [0, 0.1) is 5.92 Å². The van der Waals surface area contributed by atoms with Crippen LogP contribution in [0.2, 0.25) is 0 Å². The maximum atomic E-state index is 12.0. The molecule has 1 aromatic heterocycles. The summed E-state index contributed by atoms with van der Waals surface area (Å²) in [5.41, 5.74) is 0. The predicted octanol–water partition coefficient (Wildman–Crippen LogP) is 1.99. The average molecular weight is 357 g/mol.